The summed E-state index contributed by atoms with van der Waals surface area (Å²) in [6.45, 7) is 0. The van der Waals surface area contributed by atoms with Crippen LogP contribution in [0, 0.1) is 11.6 Å². The van der Waals surface area contributed by atoms with Crippen LogP contribution in [-0.2, 0) is 0 Å². The molecule has 1 aromatic heterocycles. The van der Waals surface area contributed by atoms with E-state index in [1.54, 1.807) is 6.07 Å². The zero-order chi connectivity index (χ0) is 9.42. The van der Waals surface area contributed by atoms with Crippen LogP contribution in [0.25, 0.3) is 10.9 Å². The Bertz CT molecular complexity index is 470. The van der Waals surface area contributed by atoms with Gasteiger partial charge in [0.25, 0.3) is 0 Å². The highest BCUT2D eigenvalue weighted by Crippen LogP contribution is 2.21. The first kappa shape index (κ1) is 8.56. The summed E-state index contributed by atoms with van der Waals surface area (Å²) >= 11 is 3.09. The highest BCUT2D eigenvalue weighted by atomic mass is 79.9. The molecule has 0 fully saturated rings. The van der Waals surface area contributed by atoms with E-state index < -0.39 is 11.6 Å². The SMILES string of the molecule is Fc1ccc(F)c2nc(Br)ccc12. The standard InChI is InChI=1S/C9H4BrF2N/c10-8-4-1-5-6(11)2-3-7(12)9(5)13-8/h1-4H. The Hall–Kier alpha value is -1.03. The molecule has 2 aromatic rings. The first-order valence-electron chi connectivity index (χ1n) is 3.59. The molecule has 0 N–H and O–H groups in total. The minimum Gasteiger partial charge on any atom is -0.238 e. The number of aromatic nitrogens is 1. The first-order chi connectivity index (χ1) is 6.18. The zero-order valence-electron chi connectivity index (χ0n) is 6.39. The molecule has 0 radical (unpaired) electrons. The Balaban J connectivity index is 2.92. The summed E-state index contributed by atoms with van der Waals surface area (Å²) in [7, 11) is 0. The fourth-order valence-electron chi connectivity index (χ4n) is 1.13. The smallest absolute Gasteiger partial charge is 0.149 e. The van der Waals surface area contributed by atoms with E-state index in [2.05, 4.69) is 20.9 Å². The largest absolute Gasteiger partial charge is 0.238 e. The van der Waals surface area contributed by atoms with Crippen LogP contribution >= 0.6 is 15.9 Å². The Kier molecular flexibility index (Phi) is 2.00. The Morgan fingerprint density at radius 1 is 1.00 bits per heavy atom. The minimum absolute atomic E-state index is 0.0503. The lowest BCUT2D eigenvalue weighted by Gasteiger charge is -1.99. The van der Waals surface area contributed by atoms with Crippen molar-refractivity contribution in [2.45, 2.75) is 0 Å². The normalized spacial score (nSPS) is 10.7. The van der Waals surface area contributed by atoms with Crippen LogP contribution in [0.3, 0.4) is 0 Å². The molecule has 0 aliphatic rings. The predicted octanol–water partition coefficient (Wildman–Crippen LogP) is 3.28. The van der Waals surface area contributed by atoms with E-state index >= 15 is 0 Å². The lowest BCUT2D eigenvalue weighted by Crippen LogP contribution is -1.88. The molecule has 0 bridgehead atoms. The van der Waals surface area contributed by atoms with Gasteiger partial charge in [-0.25, -0.2) is 13.8 Å². The van der Waals surface area contributed by atoms with Crippen LogP contribution in [0.1, 0.15) is 0 Å². The van der Waals surface area contributed by atoms with E-state index in [0.29, 0.717) is 4.60 Å². The Morgan fingerprint density at radius 2 is 1.69 bits per heavy atom. The molecule has 66 valence electrons. The predicted molar refractivity (Wildman–Crippen MR) is 49.4 cm³/mol. The quantitative estimate of drug-likeness (QED) is 0.648. The van der Waals surface area contributed by atoms with Crippen molar-refractivity contribution in [2.75, 3.05) is 0 Å². The number of halogens is 3. The molecule has 0 saturated carbocycles. The second-order valence-corrected chi connectivity index (χ2v) is 3.37. The van der Waals surface area contributed by atoms with Gasteiger partial charge in [-0.2, -0.15) is 0 Å². The van der Waals surface area contributed by atoms with Gasteiger partial charge in [0, 0.05) is 5.39 Å². The summed E-state index contributed by atoms with van der Waals surface area (Å²) < 4.78 is 26.7. The third kappa shape index (κ3) is 1.42. The number of fused-ring (bicyclic) bond motifs is 1. The molecule has 0 unspecified atom stereocenters. The molecule has 1 nitrogen and oxygen atoms in total. The van der Waals surface area contributed by atoms with Gasteiger partial charge in [-0.15, -0.1) is 0 Å². The van der Waals surface area contributed by atoms with Gasteiger partial charge in [0.05, 0.1) is 0 Å². The summed E-state index contributed by atoms with van der Waals surface area (Å²) in [4.78, 5) is 3.84. The van der Waals surface area contributed by atoms with E-state index in [-0.39, 0.29) is 10.9 Å². The number of rotatable bonds is 0. The van der Waals surface area contributed by atoms with E-state index in [1.807, 2.05) is 0 Å². The van der Waals surface area contributed by atoms with Crippen LogP contribution in [0.2, 0.25) is 0 Å². The molecule has 0 aliphatic carbocycles. The first-order valence-corrected chi connectivity index (χ1v) is 4.38. The van der Waals surface area contributed by atoms with Crippen LogP contribution in [0.4, 0.5) is 8.78 Å². The van der Waals surface area contributed by atoms with Gasteiger partial charge >= 0.3 is 0 Å². The van der Waals surface area contributed by atoms with Gasteiger partial charge in [0.2, 0.25) is 0 Å². The van der Waals surface area contributed by atoms with Crippen LogP contribution < -0.4 is 0 Å². The van der Waals surface area contributed by atoms with Crippen LogP contribution in [-0.4, -0.2) is 4.98 Å². The fourth-order valence-corrected chi connectivity index (χ4v) is 1.43. The summed E-state index contributed by atoms with van der Waals surface area (Å²) in [5.74, 6) is -0.978. The van der Waals surface area contributed by atoms with Gasteiger partial charge in [0.1, 0.15) is 21.8 Å². The van der Waals surface area contributed by atoms with Crippen molar-refractivity contribution in [3.63, 3.8) is 0 Å². The Labute approximate surface area is 81.5 Å². The highest BCUT2D eigenvalue weighted by Gasteiger charge is 2.06. The van der Waals surface area contributed by atoms with Crippen molar-refractivity contribution in [3.8, 4) is 0 Å². The average molecular weight is 244 g/mol. The van der Waals surface area contributed by atoms with Gasteiger partial charge in [-0.3, -0.25) is 0 Å². The van der Waals surface area contributed by atoms with E-state index in [1.165, 1.54) is 6.07 Å². The topological polar surface area (TPSA) is 12.9 Å². The maximum absolute atomic E-state index is 13.1. The maximum atomic E-state index is 13.1. The van der Waals surface area contributed by atoms with Crippen LogP contribution in [0.15, 0.2) is 28.9 Å². The third-order valence-corrected chi connectivity index (χ3v) is 2.16. The van der Waals surface area contributed by atoms with E-state index in [9.17, 15) is 8.78 Å². The summed E-state index contributed by atoms with van der Waals surface area (Å²) in [6.07, 6.45) is 0. The van der Waals surface area contributed by atoms with E-state index in [4.69, 9.17) is 0 Å². The second-order valence-electron chi connectivity index (χ2n) is 2.56. The summed E-state index contributed by atoms with van der Waals surface area (Å²) in [5, 5.41) is 0.197. The number of pyridine rings is 1. The molecule has 0 saturated heterocycles. The van der Waals surface area contributed by atoms with Gasteiger partial charge < -0.3 is 0 Å². The van der Waals surface area contributed by atoms with Crippen molar-refractivity contribution in [1.29, 1.82) is 0 Å². The lowest BCUT2D eigenvalue weighted by atomic mass is 10.2. The molecule has 0 amide bonds. The zero-order valence-corrected chi connectivity index (χ0v) is 7.98. The van der Waals surface area contributed by atoms with Gasteiger partial charge in [0.15, 0.2) is 0 Å². The molecule has 1 aromatic carbocycles. The minimum atomic E-state index is -0.516. The average Bonchev–Trinajstić information content (AvgIpc) is 2.12. The number of benzene rings is 1. The number of nitrogens with zero attached hydrogens (tertiary/aromatic N) is 1. The lowest BCUT2D eigenvalue weighted by molar-refractivity contribution is 0.615. The molecule has 0 spiro atoms. The number of hydrogen-bond acceptors (Lipinski definition) is 1. The molecule has 0 atom stereocenters. The Morgan fingerprint density at radius 3 is 2.46 bits per heavy atom. The molecule has 13 heavy (non-hydrogen) atoms. The highest BCUT2D eigenvalue weighted by molar-refractivity contribution is 9.10. The summed E-state index contributed by atoms with van der Waals surface area (Å²) in [5.41, 5.74) is 0.0503. The molecular weight excluding hydrogens is 240 g/mol. The van der Waals surface area contributed by atoms with Crippen molar-refractivity contribution in [3.05, 3.63) is 40.5 Å². The maximum Gasteiger partial charge on any atom is 0.149 e. The second kappa shape index (κ2) is 3.03. The monoisotopic (exact) mass is 243 g/mol. The third-order valence-electron chi connectivity index (χ3n) is 1.72. The molecule has 4 heteroatoms. The molecule has 2 rings (SSSR count). The van der Waals surface area contributed by atoms with Crippen molar-refractivity contribution in [1.82, 2.24) is 4.98 Å². The molecule has 1 heterocycles. The molecule has 0 aliphatic heterocycles. The van der Waals surface area contributed by atoms with E-state index in [0.717, 1.165) is 12.1 Å². The number of hydrogen-bond donors (Lipinski definition) is 0. The van der Waals surface area contributed by atoms with Crippen molar-refractivity contribution in [2.24, 2.45) is 0 Å². The van der Waals surface area contributed by atoms with Crippen molar-refractivity contribution >= 4 is 26.8 Å². The van der Waals surface area contributed by atoms with Gasteiger partial charge in [-0.1, -0.05) is 0 Å². The van der Waals surface area contributed by atoms with Crippen LogP contribution in [0.5, 0.6) is 0 Å². The summed E-state index contributed by atoms with van der Waals surface area (Å²) in [6, 6.07) is 5.22. The fraction of sp³-hybridized carbons (Fsp3) is 0. The van der Waals surface area contributed by atoms with Gasteiger partial charge in [-0.05, 0) is 40.2 Å². The molecular formula is C9H4BrF2N. The van der Waals surface area contributed by atoms with Crippen molar-refractivity contribution < 1.29 is 8.78 Å².